The number of benzene rings is 5. The summed E-state index contributed by atoms with van der Waals surface area (Å²) in [7, 11) is 0. The first-order valence-electron chi connectivity index (χ1n) is 14.9. The molecule has 1 aliphatic rings. The van der Waals surface area contributed by atoms with Crippen LogP contribution in [0, 0.1) is 0 Å². The van der Waals surface area contributed by atoms with E-state index in [1.807, 2.05) is 103 Å². The molecule has 0 saturated carbocycles. The smallest absolute Gasteiger partial charge is 0.263 e. The number of fused-ring (bicyclic) bond motifs is 1. The zero-order chi connectivity index (χ0) is 29.9. The van der Waals surface area contributed by atoms with Crippen molar-refractivity contribution < 1.29 is 9.53 Å². The van der Waals surface area contributed by atoms with Crippen molar-refractivity contribution in [1.29, 1.82) is 0 Å². The number of carbonyl (C=O) groups excluding carboxylic acids is 1. The minimum absolute atomic E-state index is 0.0408. The van der Waals surface area contributed by atoms with Crippen molar-refractivity contribution in [3.8, 4) is 22.3 Å². The van der Waals surface area contributed by atoms with Crippen molar-refractivity contribution in [2.45, 2.75) is 31.6 Å². The Kier molecular flexibility index (Phi) is 7.57. The van der Waals surface area contributed by atoms with Gasteiger partial charge in [0.05, 0.1) is 29.7 Å². The monoisotopic (exact) mass is 577 g/mol. The molecule has 6 nitrogen and oxygen atoms in total. The molecule has 1 amide bonds. The molecular weight excluding hydrogens is 546 g/mol. The summed E-state index contributed by atoms with van der Waals surface area (Å²) in [5.41, 5.74) is 5.57. The molecule has 216 valence electrons. The Morgan fingerprint density at radius 2 is 1.36 bits per heavy atom. The predicted molar refractivity (Wildman–Crippen MR) is 175 cm³/mol. The number of hydrogen-bond donors (Lipinski definition) is 1. The zero-order valence-electron chi connectivity index (χ0n) is 24.1. The lowest BCUT2D eigenvalue weighted by molar-refractivity contribution is 0.0347. The molecule has 6 aromatic rings. The molecule has 2 heterocycles. The van der Waals surface area contributed by atoms with Gasteiger partial charge in [0.2, 0.25) is 5.95 Å². The van der Waals surface area contributed by atoms with Crippen LogP contribution in [0.2, 0.25) is 0 Å². The van der Waals surface area contributed by atoms with Crippen molar-refractivity contribution in [2.24, 2.45) is 0 Å². The highest BCUT2D eigenvalue weighted by molar-refractivity contribution is 6.04. The first-order valence-corrected chi connectivity index (χ1v) is 14.9. The Hall–Kier alpha value is -5.33. The fraction of sp³-hybridized carbons (Fsp3) is 0.132. The normalized spacial score (nSPS) is 16.2. The zero-order valence-corrected chi connectivity index (χ0v) is 24.1. The van der Waals surface area contributed by atoms with E-state index in [0.29, 0.717) is 16.5 Å². The molecule has 6 heteroatoms. The number of ether oxygens (including phenoxy) is 1. The van der Waals surface area contributed by atoms with Crippen molar-refractivity contribution in [2.75, 3.05) is 5.32 Å². The topological polar surface area (TPSA) is 73.2 Å². The fourth-order valence-corrected chi connectivity index (χ4v) is 5.97. The Morgan fingerprint density at radius 3 is 2.05 bits per heavy atom. The number of rotatable bonds is 7. The van der Waals surface area contributed by atoms with E-state index in [1.165, 1.54) is 0 Å². The predicted octanol–water partition coefficient (Wildman–Crippen LogP) is 7.90. The van der Waals surface area contributed by atoms with Crippen LogP contribution < -0.4 is 10.9 Å². The van der Waals surface area contributed by atoms with Crippen LogP contribution in [-0.4, -0.2) is 21.6 Å². The second-order valence-electron chi connectivity index (χ2n) is 11.1. The van der Waals surface area contributed by atoms with Crippen molar-refractivity contribution in [3.05, 3.63) is 155 Å². The maximum atomic E-state index is 14.6. The minimum Gasteiger partial charge on any atom is -0.368 e. The lowest BCUT2D eigenvalue weighted by atomic mass is 9.95. The van der Waals surface area contributed by atoms with Gasteiger partial charge in [0, 0.05) is 5.56 Å². The standard InChI is InChI=1S/C38H31N3O3/c42-36(29-19-11-4-12-20-29)40-38-39-33-24-30(26-13-5-1-6-14-26)23-32(27-15-7-2-8-16-27)35(33)37(43)41(38)25-31-21-22-34(44-31)28-17-9-3-10-18-28/h1-20,23-24,31,34H,21-22,25H2,(H,39,40,42). The summed E-state index contributed by atoms with van der Waals surface area (Å²) in [5, 5.41) is 3.46. The van der Waals surface area contributed by atoms with Gasteiger partial charge in [0.25, 0.3) is 11.5 Å². The fourth-order valence-electron chi connectivity index (χ4n) is 5.97. The maximum absolute atomic E-state index is 14.6. The van der Waals surface area contributed by atoms with Gasteiger partial charge in [-0.25, -0.2) is 4.98 Å². The van der Waals surface area contributed by atoms with Gasteiger partial charge in [-0.3, -0.25) is 19.5 Å². The van der Waals surface area contributed by atoms with Gasteiger partial charge in [0.1, 0.15) is 0 Å². The van der Waals surface area contributed by atoms with Crippen LogP contribution in [-0.2, 0) is 11.3 Å². The Morgan fingerprint density at radius 1 is 0.750 bits per heavy atom. The van der Waals surface area contributed by atoms with E-state index in [-0.39, 0.29) is 36.2 Å². The van der Waals surface area contributed by atoms with Crippen LogP contribution in [0.3, 0.4) is 0 Å². The SMILES string of the molecule is O=C(Nc1nc2cc(-c3ccccc3)cc(-c3ccccc3)c2c(=O)n1CC1CCC(c2ccccc2)O1)c1ccccc1. The molecule has 5 aromatic carbocycles. The van der Waals surface area contributed by atoms with E-state index in [0.717, 1.165) is 40.7 Å². The molecule has 44 heavy (non-hydrogen) atoms. The number of aromatic nitrogens is 2. The van der Waals surface area contributed by atoms with E-state index in [4.69, 9.17) is 9.72 Å². The van der Waals surface area contributed by atoms with E-state index in [9.17, 15) is 9.59 Å². The van der Waals surface area contributed by atoms with Gasteiger partial charge in [-0.05, 0) is 64.9 Å². The largest absolute Gasteiger partial charge is 0.368 e. The number of hydrogen-bond acceptors (Lipinski definition) is 4. The molecule has 7 rings (SSSR count). The van der Waals surface area contributed by atoms with Crippen molar-refractivity contribution >= 4 is 22.8 Å². The summed E-state index contributed by atoms with van der Waals surface area (Å²) in [6.45, 7) is 0.268. The van der Waals surface area contributed by atoms with Crippen LogP contribution in [0.1, 0.15) is 34.9 Å². The van der Waals surface area contributed by atoms with Crippen molar-refractivity contribution in [1.82, 2.24) is 9.55 Å². The van der Waals surface area contributed by atoms with Gasteiger partial charge >= 0.3 is 0 Å². The molecule has 1 saturated heterocycles. The number of carbonyl (C=O) groups is 1. The Bertz CT molecular complexity index is 1980. The Balaban J connectivity index is 1.37. The van der Waals surface area contributed by atoms with Gasteiger partial charge in [-0.15, -0.1) is 0 Å². The molecule has 2 unspecified atom stereocenters. The van der Waals surface area contributed by atoms with Gasteiger partial charge in [-0.1, -0.05) is 109 Å². The molecule has 0 aliphatic carbocycles. The van der Waals surface area contributed by atoms with Crippen molar-refractivity contribution in [3.63, 3.8) is 0 Å². The highest BCUT2D eigenvalue weighted by Gasteiger charge is 2.29. The average molecular weight is 578 g/mol. The van der Waals surface area contributed by atoms with E-state index in [1.54, 1.807) is 16.7 Å². The first kappa shape index (κ1) is 27.5. The van der Waals surface area contributed by atoms with Gasteiger partial charge in [0.15, 0.2) is 0 Å². The Labute approximate surface area is 255 Å². The van der Waals surface area contributed by atoms with Gasteiger partial charge in [-0.2, -0.15) is 0 Å². The molecule has 0 bridgehead atoms. The third-order valence-corrected chi connectivity index (χ3v) is 8.18. The molecular formula is C38H31N3O3. The lowest BCUT2D eigenvalue weighted by Gasteiger charge is -2.20. The second kappa shape index (κ2) is 12.1. The van der Waals surface area contributed by atoms with E-state index in [2.05, 4.69) is 23.5 Å². The van der Waals surface area contributed by atoms with Crippen LogP contribution in [0.4, 0.5) is 5.95 Å². The summed E-state index contributed by atoms with van der Waals surface area (Å²) in [5.74, 6) is -0.130. The van der Waals surface area contributed by atoms with E-state index >= 15 is 0 Å². The van der Waals surface area contributed by atoms with Gasteiger partial charge < -0.3 is 4.74 Å². The summed E-state index contributed by atoms with van der Waals surface area (Å²) in [4.78, 5) is 32.9. The third kappa shape index (κ3) is 5.55. The summed E-state index contributed by atoms with van der Waals surface area (Å²) < 4.78 is 8.03. The van der Waals surface area contributed by atoms with E-state index < -0.39 is 0 Å². The molecule has 0 spiro atoms. The lowest BCUT2D eigenvalue weighted by Crippen LogP contribution is -2.31. The summed E-state index contributed by atoms with van der Waals surface area (Å²) in [6.07, 6.45) is 1.38. The number of nitrogens with one attached hydrogen (secondary N) is 1. The van der Waals surface area contributed by atoms with Crippen LogP contribution in [0.25, 0.3) is 33.2 Å². The second-order valence-corrected chi connectivity index (χ2v) is 11.1. The molecule has 1 fully saturated rings. The van der Waals surface area contributed by atoms with Crippen LogP contribution >= 0.6 is 0 Å². The van der Waals surface area contributed by atoms with Crippen LogP contribution in [0.5, 0.6) is 0 Å². The third-order valence-electron chi connectivity index (χ3n) is 8.18. The first-order chi connectivity index (χ1) is 21.6. The summed E-state index contributed by atoms with van der Waals surface area (Å²) in [6, 6.07) is 43.0. The highest BCUT2D eigenvalue weighted by Crippen LogP contribution is 2.35. The number of anilines is 1. The average Bonchev–Trinajstić information content (AvgIpc) is 3.56. The highest BCUT2D eigenvalue weighted by atomic mass is 16.5. The number of nitrogens with zero attached hydrogens (tertiary/aromatic N) is 2. The minimum atomic E-state index is -0.331. The molecule has 1 aromatic heterocycles. The number of amides is 1. The quantitative estimate of drug-likeness (QED) is 0.209. The summed E-state index contributed by atoms with van der Waals surface area (Å²) >= 11 is 0. The molecule has 0 radical (unpaired) electrons. The maximum Gasteiger partial charge on any atom is 0.263 e. The molecule has 2 atom stereocenters. The molecule has 1 N–H and O–H groups in total. The van der Waals surface area contributed by atoms with Crippen LogP contribution in [0.15, 0.2) is 138 Å². The molecule has 1 aliphatic heterocycles.